The Kier molecular flexibility index (Phi) is 8.30. The highest BCUT2D eigenvalue weighted by molar-refractivity contribution is 5.85. The molecule has 0 saturated heterocycles. The summed E-state index contributed by atoms with van der Waals surface area (Å²) in [6.45, 7) is 6.94. The monoisotopic (exact) mass is 301 g/mol. The molecule has 1 aliphatic rings. The summed E-state index contributed by atoms with van der Waals surface area (Å²) in [4.78, 5) is 25.5. The van der Waals surface area contributed by atoms with Gasteiger partial charge in [-0.25, -0.2) is 0 Å². The molecule has 0 aromatic rings. The molecule has 6 nitrogen and oxygen atoms in total. The summed E-state index contributed by atoms with van der Waals surface area (Å²) in [5.74, 6) is -1.87. The van der Waals surface area contributed by atoms with Crippen LogP contribution in [0.3, 0.4) is 0 Å². The minimum atomic E-state index is -0.861. The second-order valence-electron chi connectivity index (χ2n) is 5.20. The predicted octanol–water partition coefficient (Wildman–Crippen LogP) is 1.39. The summed E-state index contributed by atoms with van der Waals surface area (Å²) in [6, 6.07) is 0. The van der Waals surface area contributed by atoms with Gasteiger partial charge in [-0.05, 0) is 26.7 Å². The van der Waals surface area contributed by atoms with Crippen molar-refractivity contribution in [1.29, 1.82) is 0 Å². The molecule has 122 valence electrons. The van der Waals surface area contributed by atoms with E-state index >= 15 is 0 Å². The largest absolute Gasteiger partial charge is 0.481 e. The Balaban J connectivity index is 2.61. The number of rotatable bonds is 10. The molecule has 1 saturated carbocycles. The SMILES string of the molecule is CCOCCN(CCOCC)C(=O)C1CCCC1C(=O)O. The van der Waals surface area contributed by atoms with Crippen LogP contribution in [-0.4, -0.2) is 61.4 Å². The Bertz CT molecular complexity index is 324. The number of ether oxygens (including phenoxy) is 2. The summed E-state index contributed by atoms with van der Waals surface area (Å²) in [5.41, 5.74) is 0. The van der Waals surface area contributed by atoms with E-state index in [0.29, 0.717) is 52.4 Å². The molecule has 2 unspecified atom stereocenters. The van der Waals surface area contributed by atoms with Gasteiger partial charge in [0.1, 0.15) is 0 Å². The van der Waals surface area contributed by atoms with Gasteiger partial charge in [-0.15, -0.1) is 0 Å². The smallest absolute Gasteiger partial charge is 0.307 e. The van der Waals surface area contributed by atoms with E-state index in [4.69, 9.17) is 9.47 Å². The van der Waals surface area contributed by atoms with Crippen LogP contribution in [0, 0.1) is 11.8 Å². The Morgan fingerprint density at radius 2 is 1.57 bits per heavy atom. The fraction of sp³-hybridized carbons (Fsp3) is 0.867. The van der Waals surface area contributed by atoms with Crippen molar-refractivity contribution in [3.05, 3.63) is 0 Å². The highest BCUT2D eigenvalue weighted by Crippen LogP contribution is 2.33. The molecule has 0 radical (unpaired) electrons. The summed E-state index contributed by atoms with van der Waals surface area (Å²) in [5, 5.41) is 9.22. The minimum absolute atomic E-state index is 0.0701. The van der Waals surface area contributed by atoms with Crippen LogP contribution in [0.1, 0.15) is 33.1 Å². The van der Waals surface area contributed by atoms with Crippen molar-refractivity contribution in [2.75, 3.05) is 39.5 Å². The molecule has 1 amide bonds. The van der Waals surface area contributed by atoms with Crippen molar-refractivity contribution >= 4 is 11.9 Å². The summed E-state index contributed by atoms with van der Waals surface area (Å²) in [6.07, 6.45) is 2.06. The van der Waals surface area contributed by atoms with Crippen LogP contribution in [0.2, 0.25) is 0 Å². The number of hydrogen-bond acceptors (Lipinski definition) is 4. The van der Waals surface area contributed by atoms with Crippen LogP contribution in [0.5, 0.6) is 0 Å². The molecule has 0 spiro atoms. The van der Waals surface area contributed by atoms with E-state index in [2.05, 4.69) is 0 Å². The highest BCUT2D eigenvalue weighted by atomic mass is 16.5. The number of nitrogens with zero attached hydrogens (tertiary/aromatic N) is 1. The highest BCUT2D eigenvalue weighted by Gasteiger charge is 2.39. The first-order valence-electron chi connectivity index (χ1n) is 7.78. The quantitative estimate of drug-likeness (QED) is 0.617. The first-order chi connectivity index (χ1) is 10.1. The zero-order chi connectivity index (χ0) is 15.7. The molecule has 0 aromatic heterocycles. The van der Waals surface area contributed by atoms with Crippen molar-refractivity contribution in [3.63, 3.8) is 0 Å². The topological polar surface area (TPSA) is 76.1 Å². The van der Waals surface area contributed by atoms with E-state index < -0.39 is 17.8 Å². The number of carboxylic acids is 1. The maximum absolute atomic E-state index is 12.6. The Morgan fingerprint density at radius 3 is 2.05 bits per heavy atom. The first kappa shape index (κ1) is 17.9. The van der Waals surface area contributed by atoms with Gasteiger partial charge in [0, 0.05) is 26.3 Å². The molecule has 0 bridgehead atoms. The maximum Gasteiger partial charge on any atom is 0.307 e. The van der Waals surface area contributed by atoms with Gasteiger partial charge in [0.2, 0.25) is 5.91 Å². The second-order valence-corrected chi connectivity index (χ2v) is 5.20. The molecule has 0 heterocycles. The molecule has 6 heteroatoms. The fourth-order valence-electron chi connectivity index (χ4n) is 2.76. The van der Waals surface area contributed by atoms with Crippen molar-refractivity contribution in [1.82, 2.24) is 4.90 Å². The van der Waals surface area contributed by atoms with Gasteiger partial charge in [-0.2, -0.15) is 0 Å². The third kappa shape index (κ3) is 5.63. The lowest BCUT2D eigenvalue weighted by Gasteiger charge is -2.27. The van der Waals surface area contributed by atoms with Gasteiger partial charge >= 0.3 is 5.97 Å². The molecule has 1 rings (SSSR count). The maximum atomic E-state index is 12.6. The van der Waals surface area contributed by atoms with Gasteiger partial charge in [0.25, 0.3) is 0 Å². The Morgan fingerprint density at radius 1 is 1.05 bits per heavy atom. The lowest BCUT2D eigenvalue weighted by molar-refractivity contribution is -0.149. The fourth-order valence-corrected chi connectivity index (χ4v) is 2.76. The molecule has 21 heavy (non-hydrogen) atoms. The van der Waals surface area contributed by atoms with Crippen molar-refractivity contribution in [2.24, 2.45) is 11.8 Å². The van der Waals surface area contributed by atoms with Gasteiger partial charge < -0.3 is 19.5 Å². The van der Waals surface area contributed by atoms with Gasteiger partial charge in [0.15, 0.2) is 0 Å². The number of aliphatic carboxylic acids is 1. The minimum Gasteiger partial charge on any atom is -0.481 e. The summed E-state index contributed by atoms with van der Waals surface area (Å²) < 4.78 is 10.6. The molecule has 0 aliphatic heterocycles. The number of amides is 1. The van der Waals surface area contributed by atoms with Crippen LogP contribution < -0.4 is 0 Å². The number of carboxylic acid groups (broad SMARTS) is 1. The van der Waals surface area contributed by atoms with Gasteiger partial charge in [-0.3, -0.25) is 9.59 Å². The lowest BCUT2D eigenvalue weighted by atomic mass is 9.94. The van der Waals surface area contributed by atoms with E-state index in [1.165, 1.54) is 0 Å². The standard InChI is InChI=1S/C15H27NO5/c1-3-20-10-8-16(9-11-21-4-2)14(17)12-6-5-7-13(12)15(18)19/h12-13H,3-11H2,1-2H3,(H,18,19). The summed E-state index contributed by atoms with van der Waals surface area (Å²) in [7, 11) is 0. The molecule has 0 aromatic carbocycles. The van der Waals surface area contributed by atoms with Gasteiger partial charge in [-0.1, -0.05) is 6.42 Å². The lowest BCUT2D eigenvalue weighted by Crippen LogP contribution is -2.42. The number of carbonyl (C=O) groups is 2. The van der Waals surface area contributed by atoms with E-state index in [-0.39, 0.29) is 5.91 Å². The molecule has 1 fully saturated rings. The normalized spacial score (nSPS) is 21.4. The Hall–Kier alpha value is -1.14. The average Bonchev–Trinajstić information content (AvgIpc) is 2.95. The third-order valence-electron chi connectivity index (χ3n) is 3.88. The number of carbonyl (C=O) groups excluding carboxylic acids is 1. The van der Waals surface area contributed by atoms with Crippen LogP contribution in [0.15, 0.2) is 0 Å². The third-order valence-corrected chi connectivity index (χ3v) is 3.88. The predicted molar refractivity (Wildman–Crippen MR) is 78.0 cm³/mol. The van der Waals surface area contributed by atoms with Gasteiger partial charge in [0.05, 0.1) is 25.0 Å². The molecular weight excluding hydrogens is 274 g/mol. The first-order valence-corrected chi connectivity index (χ1v) is 7.78. The summed E-state index contributed by atoms with van der Waals surface area (Å²) >= 11 is 0. The van der Waals surface area contributed by atoms with Crippen molar-refractivity contribution in [2.45, 2.75) is 33.1 Å². The molecule has 1 aliphatic carbocycles. The van der Waals surface area contributed by atoms with Crippen LogP contribution >= 0.6 is 0 Å². The van der Waals surface area contributed by atoms with E-state index in [9.17, 15) is 14.7 Å². The van der Waals surface area contributed by atoms with Crippen molar-refractivity contribution < 1.29 is 24.2 Å². The molecular formula is C15H27NO5. The zero-order valence-electron chi connectivity index (χ0n) is 13.0. The van der Waals surface area contributed by atoms with E-state index in [1.807, 2.05) is 13.8 Å². The second kappa shape index (κ2) is 9.73. The van der Waals surface area contributed by atoms with Crippen molar-refractivity contribution in [3.8, 4) is 0 Å². The molecule has 1 N–H and O–H groups in total. The van der Waals surface area contributed by atoms with E-state index in [0.717, 1.165) is 6.42 Å². The van der Waals surface area contributed by atoms with Crippen LogP contribution in [0.4, 0.5) is 0 Å². The molecule has 2 atom stereocenters. The Labute approximate surface area is 126 Å². The average molecular weight is 301 g/mol. The van der Waals surface area contributed by atoms with Crippen LogP contribution in [-0.2, 0) is 19.1 Å². The number of hydrogen-bond donors (Lipinski definition) is 1. The van der Waals surface area contributed by atoms with Crippen LogP contribution in [0.25, 0.3) is 0 Å². The van der Waals surface area contributed by atoms with E-state index in [1.54, 1.807) is 4.90 Å². The zero-order valence-corrected chi connectivity index (χ0v) is 13.0.